The molecule has 100 valence electrons. The molecule has 4 N–H and O–H groups in total. The normalized spacial score (nSPS) is 10.2. The summed E-state index contributed by atoms with van der Waals surface area (Å²) in [5, 5.41) is 3.23. The Kier molecular flexibility index (Phi) is 4.02. The second-order valence-electron chi connectivity index (χ2n) is 4.13. The maximum Gasteiger partial charge on any atom is 0.255 e. The Morgan fingerprint density at radius 2 is 2.37 bits per heavy atom. The molecule has 0 saturated carbocycles. The SMILES string of the molecule is Cc1ncc(CNc2cccc(OCC(N)=O)c2)[nH]1. The van der Waals surface area contributed by atoms with Crippen LogP contribution >= 0.6 is 0 Å². The lowest BCUT2D eigenvalue weighted by Gasteiger charge is -2.08. The van der Waals surface area contributed by atoms with E-state index in [0.29, 0.717) is 12.3 Å². The van der Waals surface area contributed by atoms with Crippen molar-refractivity contribution < 1.29 is 9.53 Å². The Morgan fingerprint density at radius 1 is 1.53 bits per heavy atom. The maximum absolute atomic E-state index is 10.6. The number of imidazole rings is 1. The quantitative estimate of drug-likeness (QED) is 0.727. The van der Waals surface area contributed by atoms with Crippen LogP contribution in [0.25, 0.3) is 0 Å². The van der Waals surface area contributed by atoms with E-state index in [4.69, 9.17) is 10.5 Å². The number of nitrogens with zero attached hydrogens (tertiary/aromatic N) is 1. The highest BCUT2D eigenvalue weighted by atomic mass is 16.5. The van der Waals surface area contributed by atoms with Crippen molar-refractivity contribution in [3.05, 3.63) is 42.0 Å². The Hall–Kier alpha value is -2.50. The van der Waals surface area contributed by atoms with Crippen molar-refractivity contribution >= 4 is 11.6 Å². The first kappa shape index (κ1) is 12.9. The number of hydrogen-bond acceptors (Lipinski definition) is 4. The minimum atomic E-state index is -0.494. The van der Waals surface area contributed by atoms with Gasteiger partial charge in [0, 0.05) is 11.8 Å². The van der Waals surface area contributed by atoms with Crippen LogP contribution in [0.4, 0.5) is 5.69 Å². The van der Waals surface area contributed by atoms with E-state index >= 15 is 0 Å². The molecule has 0 spiro atoms. The Morgan fingerprint density at radius 3 is 3.05 bits per heavy atom. The van der Waals surface area contributed by atoms with Crippen molar-refractivity contribution in [2.45, 2.75) is 13.5 Å². The molecule has 19 heavy (non-hydrogen) atoms. The summed E-state index contributed by atoms with van der Waals surface area (Å²) in [4.78, 5) is 17.9. The van der Waals surface area contributed by atoms with Gasteiger partial charge in [-0.05, 0) is 19.1 Å². The summed E-state index contributed by atoms with van der Waals surface area (Å²) in [5.41, 5.74) is 6.92. The fraction of sp³-hybridized carbons (Fsp3) is 0.231. The van der Waals surface area contributed by atoms with E-state index in [2.05, 4.69) is 15.3 Å². The number of rotatable bonds is 6. The molecular weight excluding hydrogens is 244 g/mol. The van der Waals surface area contributed by atoms with Crippen LogP contribution < -0.4 is 15.8 Å². The van der Waals surface area contributed by atoms with E-state index < -0.39 is 5.91 Å². The van der Waals surface area contributed by atoms with Gasteiger partial charge in [0.05, 0.1) is 18.4 Å². The van der Waals surface area contributed by atoms with Gasteiger partial charge >= 0.3 is 0 Å². The van der Waals surface area contributed by atoms with Gasteiger partial charge in [0.25, 0.3) is 5.91 Å². The summed E-state index contributed by atoms with van der Waals surface area (Å²) in [5.74, 6) is 0.992. The van der Waals surface area contributed by atoms with Crippen molar-refractivity contribution in [3.8, 4) is 5.75 Å². The van der Waals surface area contributed by atoms with Crippen molar-refractivity contribution in [1.82, 2.24) is 9.97 Å². The number of amides is 1. The highest BCUT2D eigenvalue weighted by Gasteiger charge is 2.00. The van der Waals surface area contributed by atoms with Gasteiger partial charge in [-0.2, -0.15) is 0 Å². The molecule has 2 rings (SSSR count). The van der Waals surface area contributed by atoms with Gasteiger partial charge in [-0.25, -0.2) is 4.98 Å². The third-order valence-corrected chi connectivity index (χ3v) is 2.45. The zero-order valence-electron chi connectivity index (χ0n) is 10.6. The molecule has 0 bridgehead atoms. The number of aryl methyl sites for hydroxylation is 1. The van der Waals surface area contributed by atoms with Gasteiger partial charge in [-0.1, -0.05) is 6.07 Å². The van der Waals surface area contributed by atoms with Gasteiger partial charge in [0.15, 0.2) is 6.61 Å². The molecule has 0 unspecified atom stereocenters. The van der Waals surface area contributed by atoms with Crippen LogP contribution in [0.3, 0.4) is 0 Å². The first-order valence-corrected chi connectivity index (χ1v) is 5.89. The number of carbonyl (C=O) groups excluding carboxylic acids is 1. The van der Waals surface area contributed by atoms with Crippen molar-refractivity contribution in [2.75, 3.05) is 11.9 Å². The smallest absolute Gasteiger partial charge is 0.255 e. The van der Waals surface area contributed by atoms with Gasteiger partial charge in [0.2, 0.25) is 0 Å². The minimum Gasteiger partial charge on any atom is -0.484 e. The van der Waals surface area contributed by atoms with Crippen molar-refractivity contribution in [1.29, 1.82) is 0 Å². The number of aromatic nitrogens is 2. The molecule has 1 aromatic carbocycles. The lowest BCUT2D eigenvalue weighted by atomic mass is 10.3. The third kappa shape index (κ3) is 4.02. The predicted octanol–water partition coefficient (Wildman–Crippen LogP) is 1.19. The van der Waals surface area contributed by atoms with Crippen molar-refractivity contribution in [3.63, 3.8) is 0 Å². The average Bonchev–Trinajstić information content (AvgIpc) is 2.80. The van der Waals surface area contributed by atoms with E-state index in [1.807, 2.05) is 25.1 Å². The summed E-state index contributed by atoms with van der Waals surface area (Å²) in [7, 11) is 0. The Bertz CT molecular complexity index is 565. The van der Waals surface area contributed by atoms with Crippen LogP contribution in [-0.4, -0.2) is 22.5 Å². The second-order valence-corrected chi connectivity index (χ2v) is 4.13. The fourth-order valence-corrected chi connectivity index (χ4v) is 1.61. The maximum atomic E-state index is 10.6. The number of H-pyrrole nitrogens is 1. The van der Waals surface area contributed by atoms with E-state index in [1.165, 1.54) is 0 Å². The third-order valence-electron chi connectivity index (χ3n) is 2.45. The lowest BCUT2D eigenvalue weighted by molar-refractivity contribution is -0.119. The van der Waals surface area contributed by atoms with Crippen LogP contribution in [0.1, 0.15) is 11.5 Å². The fourth-order valence-electron chi connectivity index (χ4n) is 1.61. The van der Waals surface area contributed by atoms with Crippen LogP contribution in [0.2, 0.25) is 0 Å². The number of ether oxygens (including phenoxy) is 1. The molecule has 0 saturated heterocycles. The second kappa shape index (κ2) is 5.90. The number of hydrogen-bond donors (Lipinski definition) is 3. The first-order chi connectivity index (χ1) is 9.13. The summed E-state index contributed by atoms with van der Waals surface area (Å²) < 4.78 is 5.23. The first-order valence-electron chi connectivity index (χ1n) is 5.89. The molecule has 0 radical (unpaired) electrons. The molecule has 1 aromatic heterocycles. The molecule has 0 aliphatic rings. The van der Waals surface area contributed by atoms with Gasteiger partial charge < -0.3 is 20.8 Å². The molecule has 6 heteroatoms. The molecule has 1 heterocycles. The zero-order chi connectivity index (χ0) is 13.7. The molecule has 6 nitrogen and oxygen atoms in total. The van der Waals surface area contributed by atoms with Gasteiger partial charge in [-0.15, -0.1) is 0 Å². The summed E-state index contributed by atoms with van der Waals surface area (Å²) >= 11 is 0. The summed E-state index contributed by atoms with van der Waals surface area (Å²) in [6, 6.07) is 7.35. The molecule has 0 aliphatic carbocycles. The molecule has 0 atom stereocenters. The number of benzene rings is 1. The number of carbonyl (C=O) groups is 1. The van der Waals surface area contributed by atoms with Gasteiger partial charge in [0.1, 0.15) is 11.6 Å². The number of primary amides is 1. The summed E-state index contributed by atoms with van der Waals surface area (Å²) in [6.07, 6.45) is 1.79. The number of nitrogens with two attached hydrogens (primary N) is 1. The van der Waals surface area contributed by atoms with E-state index in [0.717, 1.165) is 17.2 Å². The van der Waals surface area contributed by atoms with Crippen LogP contribution in [0.5, 0.6) is 5.75 Å². The highest BCUT2D eigenvalue weighted by Crippen LogP contribution is 2.17. The Balaban J connectivity index is 1.93. The molecule has 2 aromatic rings. The molecule has 0 fully saturated rings. The van der Waals surface area contributed by atoms with E-state index in [9.17, 15) is 4.79 Å². The van der Waals surface area contributed by atoms with Crippen molar-refractivity contribution in [2.24, 2.45) is 5.73 Å². The highest BCUT2D eigenvalue weighted by molar-refractivity contribution is 5.75. The topological polar surface area (TPSA) is 93.0 Å². The van der Waals surface area contributed by atoms with Crippen LogP contribution in [0, 0.1) is 6.92 Å². The largest absolute Gasteiger partial charge is 0.484 e. The summed E-state index contributed by atoms with van der Waals surface area (Å²) in [6.45, 7) is 2.42. The molecule has 0 aliphatic heterocycles. The number of aromatic amines is 1. The predicted molar refractivity (Wildman–Crippen MR) is 71.8 cm³/mol. The van der Waals surface area contributed by atoms with Crippen LogP contribution in [-0.2, 0) is 11.3 Å². The zero-order valence-corrected chi connectivity index (χ0v) is 10.6. The number of anilines is 1. The van der Waals surface area contributed by atoms with Gasteiger partial charge in [-0.3, -0.25) is 4.79 Å². The van der Waals surface area contributed by atoms with E-state index in [1.54, 1.807) is 12.3 Å². The monoisotopic (exact) mass is 260 g/mol. The number of nitrogens with one attached hydrogen (secondary N) is 2. The van der Waals surface area contributed by atoms with Crippen LogP contribution in [0.15, 0.2) is 30.5 Å². The standard InChI is InChI=1S/C13H16N4O2/c1-9-15-6-11(17-9)7-16-10-3-2-4-12(5-10)19-8-13(14)18/h2-6,16H,7-8H2,1H3,(H2,14,18)(H,15,17). The molecular formula is C13H16N4O2. The van der Waals surface area contributed by atoms with E-state index in [-0.39, 0.29) is 6.61 Å². The molecule has 1 amide bonds. The minimum absolute atomic E-state index is 0.122. The average molecular weight is 260 g/mol. The lowest BCUT2D eigenvalue weighted by Crippen LogP contribution is -2.20. The Labute approximate surface area is 111 Å².